The number of pyridine rings is 1. The molecule has 1 aromatic carbocycles. The van der Waals surface area contributed by atoms with Gasteiger partial charge >= 0.3 is 0 Å². The molecule has 3 heterocycles. The molecule has 0 spiro atoms. The van der Waals surface area contributed by atoms with Gasteiger partial charge in [-0.2, -0.15) is 0 Å². The first-order valence-electron chi connectivity index (χ1n) is 12.3. The molecule has 33 heavy (non-hydrogen) atoms. The van der Waals surface area contributed by atoms with Gasteiger partial charge in [0.1, 0.15) is 5.82 Å². The standard InChI is InChI=1S/C26H32ClN3O3/c1-26(14-33-13-22(26)31)30-7-5-15(6-8-30)20-9-16-11-23(28-12-17(16)10-21(20)27)29-25(32)24-18-3-2-4-19(18)24/h9-12,15,18-19,22,24,31H,2-8,13-14H2,1H3,(H,28,29,32)/t18?,19?,22-,24?,26+/m0/s1. The summed E-state index contributed by atoms with van der Waals surface area (Å²) in [6, 6.07) is 6.16. The molecule has 4 fully saturated rings. The van der Waals surface area contributed by atoms with Crippen molar-refractivity contribution in [3.8, 4) is 0 Å². The largest absolute Gasteiger partial charge is 0.389 e. The number of aliphatic hydroxyl groups excluding tert-OH is 1. The first kappa shape index (κ1) is 21.8. The van der Waals surface area contributed by atoms with Crippen LogP contribution in [0.25, 0.3) is 10.8 Å². The molecule has 4 aliphatic rings. The van der Waals surface area contributed by atoms with Crippen molar-refractivity contribution in [2.45, 2.75) is 56.6 Å². The Morgan fingerprint density at radius 3 is 2.64 bits per heavy atom. The van der Waals surface area contributed by atoms with Gasteiger partial charge in [-0.25, -0.2) is 4.98 Å². The monoisotopic (exact) mass is 469 g/mol. The number of rotatable bonds is 4. The van der Waals surface area contributed by atoms with Gasteiger partial charge in [0.05, 0.1) is 24.9 Å². The van der Waals surface area contributed by atoms with Gasteiger partial charge < -0.3 is 15.2 Å². The highest BCUT2D eigenvalue weighted by atomic mass is 35.5. The van der Waals surface area contributed by atoms with Gasteiger partial charge in [0.25, 0.3) is 0 Å². The fraction of sp³-hybridized carbons (Fsp3) is 0.615. The van der Waals surface area contributed by atoms with Crippen LogP contribution < -0.4 is 5.32 Å². The van der Waals surface area contributed by atoms with Gasteiger partial charge in [0.15, 0.2) is 0 Å². The molecule has 1 amide bonds. The van der Waals surface area contributed by atoms with Crippen molar-refractivity contribution in [2.24, 2.45) is 17.8 Å². The van der Waals surface area contributed by atoms with E-state index in [2.05, 4.69) is 28.2 Å². The van der Waals surface area contributed by atoms with E-state index in [4.69, 9.17) is 16.3 Å². The molecule has 7 heteroatoms. The second kappa shape index (κ2) is 8.19. The number of aromatic nitrogens is 1. The Balaban J connectivity index is 1.17. The number of aliphatic hydroxyl groups is 1. The quantitative estimate of drug-likeness (QED) is 0.701. The molecule has 0 radical (unpaired) electrons. The van der Waals surface area contributed by atoms with Crippen LogP contribution in [0.4, 0.5) is 5.82 Å². The number of nitrogens with one attached hydrogen (secondary N) is 1. The van der Waals surface area contributed by atoms with Crippen LogP contribution in [0.2, 0.25) is 5.02 Å². The number of benzene rings is 1. The molecule has 6 rings (SSSR count). The number of fused-ring (bicyclic) bond motifs is 2. The van der Waals surface area contributed by atoms with E-state index in [1.807, 2.05) is 12.1 Å². The Morgan fingerprint density at radius 1 is 1.18 bits per heavy atom. The van der Waals surface area contributed by atoms with Crippen LogP contribution in [0.1, 0.15) is 50.5 Å². The van der Waals surface area contributed by atoms with Crippen molar-refractivity contribution in [2.75, 3.05) is 31.6 Å². The first-order valence-corrected chi connectivity index (χ1v) is 12.7. The van der Waals surface area contributed by atoms with Crippen LogP contribution in [0.5, 0.6) is 0 Å². The zero-order valence-corrected chi connectivity index (χ0v) is 19.9. The van der Waals surface area contributed by atoms with E-state index < -0.39 is 6.10 Å². The minimum atomic E-state index is -0.436. The average Bonchev–Trinajstić information content (AvgIpc) is 3.09. The lowest BCUT2D eigenvalue weighted by atomic mass is 9.85. The van der Waals surface area contributed by atoms with E-state index in [1.165, 1.54) is 19.3 Å². The number of carbonyl (C=O) groups is 1. The minimum Gasteiger partial charge on any atom is -0.389 e. The molecule has 2 N–H and O–H groups in total. The van der Waals surface area contributed by atoms with Crippen molar-refractivity contribution < 1.29 is 14.6 Å². The second-order valence-corrected chi connectivity index (χ2v) is 11.1. The third-order valence-corrected chi connectivity index (χ3v) is 9.17. The third-order valence-electron chi connectivity index (χ3n) is 8.84. The van der Waals surface area contributed by atoms with E-state index in [1.54, 1.807) is 6.20 Å². The summed E-state index contributed by atoms with van der Waals surface area (Å²) < 4.78 is 5.53. The summed E-state index contributed by atoms with van der Waals surface area (Å²) >= 11 is 6.71. The van der Waals surface area contributed by atoms with Crippen LogP contribution in [0.15, 0.2) is 24.4 Å². The van der Waals surface area contributed by atoms with Gasteiger partial charge in [0.2, 0.25) is 5.91 Å². The van der Waals surface area contributed by atoms with Crippen molar-refractivity contribution in [3.05, 3.63) is 35.0 Å². The SMILES string of the molecule is C[C@@]1(N2CCC(c3cc4cc(NC(=O)C5C6CCCC65)ncc4cc3Cl)CC2)COC[C@@H]1O. The van der Waals surface area contributed by atoms with Gasteiger partial charge in [-0.1, -0.05) is 18.0 Å². The Kier molecular flexibility index (Phi) is 5.41. The lowest BCUT2D eigenvalue weighted by Gasteiger charge is -2.43. The third kappa shape index (κ3) is 3.75. The van der Waals surface area contributed by atoms with E-state index in [9.17, 15) is 9.90 Å². The van der Waals surface area contributed by atoms with Crippen LogP contribution in [-0.2, 0) is 9.53 Å². The average molecular weight is 470 g/mol. The number of piperidine rings is 1. The highest BCUT2D eigenvalue weighted by Crippen LogP contribution is 2.57. The van der Waals surface area contributed by atoms with E-state index in [-0.39, 0.29) is 17.4 Å². The Labute approximate surface area is 199 Å². The molecule has 6 nitrogen and oxygen atoms in total. The maximum atomic E-state index is 12.7. The summed E-state index contributed by atoms with van der Waals surface area (Å²) in [7, 11) is 0. The molecular formula is C26H32ClN3O3. The molecule has 4 atom stereocenters. The van der Waals surface area contributed by atoms with E-state index >= 15 is 0 Å². The van der Waals surface area contributed by atoms with Gasteiger partial charge in [-0.15, -0.1) is 0 Å². The molecular weight excluding hydrogens is 438 g/mol. The Bertz CT molecular complexity index is 1080. The number of carbonyl (C=O) groups excluding carboxylic acids is 1. The van der Waals surface area contributed by atoms with Crippen molar-refractivity contribution in [1.29, 1.82) is 0 Å². The Hall–Kier alpha value is -1.73. The molecule has 2 saturated carbocycles. The number of likely N-dealkylation sites (tertiary alicyclic amines) is 1. The first-order chi connectivity index (χ1) is 15.9. The van der Waals surface area contributed by atoms with Crippen LogP contribution >= 0.6 is 11.6 Å². The highest BCUT2D eigenvalue weighted by Gasteiger charge is 2.56. The number of amides is 1. The summed E-state index contributed by atoms with van der Waals surface area (Å²) in [6.45, 7) is 4.93. The second-order valence-electron chi connectivity index (χ2n) is 10.7. The van der Waals surface area contributed by atoms with Crippen LogP contribution in [0, 0.1) is 17.8 Å². The number of ether oxygens (including phenoxy) is 1. The molecule has 2 unspecified atom stereocenters. The molecule has 176 valence electrons. The zero-order chi connectivity index (χ0) is 22.7. The normalized spacial score (nSPS) is 34.5. The lowest BCUT2D eigenvalue weighted by Crippen LogP contribution is -2.56. The van der Waals surface area contributed by atoms with E-state index in [0.29, 0.717) is 36.8 Å². The summed E-state index contributed by atoms with van der Waals surface area (Å²) in [5.74, 6) is 2.52. The maximum absolute atomic E-state index is 12.7. The fourth-order valence-corrected chi connectivity index (χ4v) is 6.97. The number of nitrogens with zero attached hydrogens (tertiary/aromatic N) is 2. The maximum Gasteiger partial charge on any atom is 0.229 e. The summed E-state index contributed by atoms with van der Waals surface area (Å²) in [5, 5.41) is 16.3. The van der Waals surface area contributed by atoms with Crippen molar-refractivity contribution >= 4 is 34.1 Å². The van der Waals surface area contributed by atoms with Gasteiger partial charge in [0, 0.05) is 22.5 Å². The Morgan fingerprint density at radius 2 is 1.94 bits per heavy atom. The fourth-order valence-electron chi connectivity index (χ4n) is 6.64. The molecule has 2 aliphatic carbocycles. The smallest absolute Gasteiger partial charge is 0.229 e. The predicted octanol–water partition coefficient (Wildman–Crippen LogP) is 4.20. The lowest BCUT2D eigenvalue weighted by molar-refractivity contribution is -0.118. The molecule has 2 aliphatic heterocycles. The summed E-state index contributed by atoms with van der Waals surface area (Å²) in [6.07, 6.45) is 7.01. The predicted molar refractivity (Wildman–Crippen MR) is 128 cm³/mol. The summed E-state index contributed by atoms with van der Waals surface area (Å²) in [4.78, 5) is 19.5. The van der Waals surface area contributed by atoms with Crippen LogP contribution in [0.3, 0.4) is 0 Å². The van der Waals surface area contributed by atoms with Gasteiger partial charge in [-0.05, 0) is 92.6 Å². The van der Waals surface area contributed by atoms with Gasteiger partial charge in [-0.3, -0.25) is 9.69 Å². The highest BCUT2D eigenvalue weighted by molar-refractivity contribution is 6.32. The van der Waals surface area contributed by atoms with Crippen LogP contribution in [-0.4, -0.2) is 58.8 Å². The number of anilines is 1. The number of halogens is 1. The van der Waals surface area contributed by atoms with Crippen molar-refractivity contribution in [3.63, 3.8) is 0 Å². The zero-order valence-electron chi connectivity index (χ0n) is 19.1. The number of hydrogen-bond acceptors (Lipinski definition) is 5. The number of hydrogen-bond donors (Lipinski definition) is 2. The molecule has 0 bridgehead atoms. The topological polar surface area (TPSA) is 74.7 Å². The minimum absolute atomic E-state index is 0.129. The summed E-state index contributed by atoms with van der Waals surface area (Å²) in [5.41, 5.74) is 0.870. The molecule has 1 aromatic heterocycles. The van der Waals surface area contributed by atoms with E-state index in [0.717, 1.165) is 47.3 Å². The molecule has 2 aromatic rings. The van der Waals surface area contributed by atoms with Crippen molar-refractivity contribution in [1.82, 2.24) is 9.88 Å². The molecule has 2 saturated heterocycles.